The number of anilines is 1. The van der Waals surface area contributed by atoms with E-state index in [0.717, 1.165) is 17.7 Å². The Morgan fingerprint density at radius 3 is 2.67 bits per heavy atom. The first kappa shape index (κ1) is 10.2. The second-order valence-electron chi connectivity index (χ2n) is 4.31. The van der Waals surface area contributed by atoms with Crippen LogP contribution in [0.4, 0.5) is 5.69 Å². The third kappa shape index (κ3) is 2.18. The summed E-state index contributed by atoms with van der Waals surface area (Å²) in [4.78, 5) is 11.6. The molecular formula is C12H16N2O. The molecule has 0 heterocycles. The number of nitrogens with one attached hydrogen (secondary N) is 1. The van der Waals surface area contributed by atoms with Gasteiger partial charge in [0.1, 0.15) is 0 Å². The second kappa shape index (κ2) is 3.66. The lowest BCUT2D eigenvalue weighted by Crippen LogP contribution is -2.19. The van der Waals surface area contributed by atoms with Crippen molar-refractivity contribution < 1.29 is 4.79 Å². The van der Waals surface area contributed by atoms with Gasteiger partial charge in [0.05, 0.1) is 5.92 Å². The van der Waals surface area contributed by atoms with E-state index in [1.54, 1.807) is 0 Å². The fraction of sp³-hybridized carbons (Fsp3) is 0.417. The molecule has 80 valence electrons. The van der Waals surface area contributed by atoms with E-state index in [4.69, 9.17) is 5.73 Å². The Labute approximate surface area is 89.7 Å². The zero-order valence-electron chi connectivity index (χ0n) is 9.08. The van der Waals surface area contributed by atoms with Gasteiger partial charge in [0.25, 0.3) is 0 Å². The molecule has 3 heteroatoms. The number of rotatable bonds is 2. The van der Waals surface area contributed by atoms with Gasteiger partial charge in [-0.1, -0.05) is 17.7 Å². The van der Waals surface area contributed by atoms with Crippen LogP contribution in [0.5, 0.6) is 0 Å². The molecule has 3 nitrogen and oxygen atoms in total. The van der Waals surface area contributed by atoms with E-state index in [2.05, 4.69) is 11.4 Å². The van der Waals surface area contributed by atoms with Crippen LogP contribution in [0.3, 0.4) is 0 Å². The lowest BCUT2D eigenvalue weighted by Gasteiger charge is -2.08. The van der Waals surface area contributed by atoms with E-state index in [1.807, 2.05) is 26.0 Å². The summed E-state index contributed by atoms with van der Waals surface area (Å²) in [5.74, 6) is 0.0696. The summed E-state index contributed by atoms with van der Waals surface area (Å²) in [7, 11) is 0. The van der Waals surface area contributed by atoms with Crippen molar-refractivity contribution in [2.24, 2.45) is 11.7 Å². The predicted octanol–water partition coefficient (Wildman–Crippen LogP) is 1.59. The highest BCUT2D eigenvalue weighted by Crippen LogP contribution is 2.29. The summed E-state index contributed by atoms with van der Waals surface area (Å²) < 4.78 is 0. The van der Waals surface area contributed by atoms with E-state index in [-0.39, 0.29) is 17.9 Å². The van der Waals surface area contributed by atoms with Crippen molar-refractivity contribution in [3.05, 3.63) is 29.3 Å². The smallest absolute Gasteiger partial charge is 0.229 e. The van der Waals surface area contributed by atoms with Crippen molar-refractivity contribution in [2.45, 2.75) is 26.3 Å². The number of carbonyl (C=O) groups is 1. The third-order valence-corrected chi connectivity index (χ3v) is 2.82. The number of amides is 1. The van der Waals surface area contributed by atoms with E-state index in [1.165, 1.54) is 5.56 Å². The molecule has 15 heavy (non-hydrogen) atoms. The Morgan fingerprint density at radius 2 is 2.13 bits per heavy atom. The summed E-state index contributed by atoms with van der Waals surface area (Å²) in [5.41, 5.74) is 8.81. The van der Waals surface area contributed by atoms with Gasteiger partial charge in [-0.3, -0.25) is 4.79 Å². The van der Waals surface area contributed by atoms with Crippen LogP contribution in [-0.2, 0) is 4.79 Å². The molecule has 2 atom stereocenters. The van der Waals surface area contributed by atoms with Gasteiger partial charge in [-0.25, -0.2) is 0 Å². The molecule has 0 bridgehead atoms. The van der Waals surface area contributed by atoms with Crippen LogP contribution in [-0.4, -0.2) is 11.9 Å². The molecule has 0 aliphatic heterocycles. The molecule has 1 aromatic rings. The lowest BCUT2D eigenvalue weighted by atomic mass is 10.1. The Balaban J connectivity index is 2.07. The second-order valence-corrected chi connectivity index (χ2v) is 4.31. The fourth-order valence-electron chi connectivity index (χ4n) is 1.70. The third-order valence-electron chi connectivity index (χ3n) is 2.82. The standard InChI is InChI=1S/C12H16N2O/c1-7-3-4-11(8(2)5-7)14-12(15)9-6-10(9)13/h3-5,9-10H,6,13H2,1-2H3,(H,14,15). The van der Waals surface area contributed by atoms with Crippen molar-refractivity contribution in [1.29, 1.82) is 0 Å². The van der Waals surface area contributed by atoms with E-state index in [0.29, 0.717) is 0 Å². The maximum absolute atomic E-state index is 11.6. The molecule has 1 aliphatic carbocycles. The molecule has 1 saturated carbocycles. The monoisotopic (exact) mass is 204 g/mol. The number of carbonyl (C=O) groups excluding carboxylic acids is 1. The average Bonchev–Trinajstić information content (AvgIpc) is 2.88. The molecule has 1 fully saturated rings. The number of hydrogen-bond acceptors (Lipinski definition) is 2. The molecule has 2 rings (SSSR count). The Kier molecular flexibility index (Phi) is 2.49. The minimum Gasteiger partial charge on any atom is -0.327 e. The van der Waals surface area contributed by atoms with Crippen LogP contribution in [0.2, 0.25) is 0 Å². The van der Waals surface area contributed by atoms with Gasteiger partial charge < -0.3 is 11.1 Å². The van der Waals surface area contributed by atoms with Gasteiger partial charge in [0.2, 0.25) is 5.91 Å². The first-order chi connectivity index (χ1) is 7.08. The molecule has 1 amide bonds. The fourth-order valence-corrected chi connectivity index (χ4v) is 1.70. The van der Waals surface area contributed by atoms with Gasteiger partial charge >= 0.3 is 0 Å². The van der Waals surface area contributed by atoms with Crippen molar-refractivity contribution in [3.63, 3.8) is 0 Å². The molecular weight excluding hydrogens is 188 g/mol. The van der Waals surface area contributed by atoms with Crippen molar-refractivity contribution in [1.82, 2.24) is 0 Å². The highest BCUT2D eigenvalue weighted by molar-refractivity contribution is 5.95. The molecule has 2 unspecified atom stereocenters. The first-order valence-corrected chi connectivity index (χ1v) is 5.21. The minimum atomic E-state index is 0.0192. The summed E-state index contributed by atoms with van der Waals surface area (Å²) in [6, 6.07) is 6.06. The number of hydrogen-bond donors (Lipinski definition) is 2. The lowest BCUT2D eigenvalue weighted by molar-refractivity contribution is -0.117. The Hall–Kier alpha value is -1.35. The van der Waals surface area contributed by atoms with Gasteiger partial charge in [-0.05, 0) is 31.9 Å². The van der Waals surface area contributed by atoms with Crippen molar-refractivity contribution in [2.75, 3.05) is 5.32 Å². The van der Waals surface area contributed by atoms with Gasteiger partial charge in [0, 0.05) is 11.7 Å². The van der Waals surface area contributed by atoms with Gasteiger partial charge in [-0.15, -0.1) is 0 Å². The molecule has 1 aliphatic rings. The largest absolute Gasteiger partial charge is 0.327 e. The summed E-state index contributed by atoms with van der Waals surface area (Å²) in [6.07, 6.45) is 0.816. The van der Waals surface area contributed by atoms with Gasteiger partial charge in [0.15, 0.2) is 0 Å². The first-order valence-electron chi connectivity index (χ1n) is 5.21. The van der Waals surface area contributed by atoms with Crippen molar-refractivity contribution in [3.8, 4) is 0 Å². The molecule has 1 aromatic carbocycles. The molecule has 0 spiro atoms. The maximum Gasteiger partial charge on any atom is 0.229 e. The molecule has 0 saturated heterocycles. The summed E-state index contributed by atoms with van der Waals surface area (Å²) in [6.45, 7) is 4.03. The number of aryl methyl sites for hydroxylation is 2. The quantitative estimate of drug-likeness (QED) is 0.768. The van der Waals surface area contributed by atoms with Crippen LogP contribution >= 0.6 is 0 Å². The zero-order valence-corrected chi connectivity index (χ0v) is 9.08. The normalized spacial score (nSPS) is 23.7. The van der Waals surface area contributed by atoms with Crippen LogP contribution in [0.15, 0.2) is 18.2 Å². The van der Waals surface area contributed by atoms with Crippen LogP contribution in [0, 0.1) is 19.8 Å². The average molecular weight is 204 g/mol. The van der Waals surface area contributed by atoms with E-state index >= 15 is 0 Å². The van der Waals surface area contributed by atoms with E-state index < -0.39 is 0 Å². The highest BCUT2D eigenvalue weighted by Gasteiger charge is 2.40. The van der Waals surface area contributed by atoms with Gasteiger partial charge in [-0.2, -0.15) is 0 Å². The molecule has 0 radical (unpaired) electrons. The number of benzene rings is 1. The Morgan fingerprint density at radius 1 is 1.47 bits per heavy atom. The topological polar surface area (TPSA) is 55.1 Å². The minimum absolute atomic E-state index is 0.0192. The highest BCUT2D eigenvalue weighted by atomic mass is 16.2. The van der Waals surface area contributed by atoms with E-state index in [9.17, 15) is 4.79 Å². The zero-order chi connectivity index (χ0) is 11.0. The summed E-state index contributed by atoms with van der Waals surface area (Å²) >= 11 is 0. The Bertz CT molecular complexity index is 401. The summed E-state index contributed by atoms with van der Waals surface area (Å²) in [5, 5.41) is 2.91. The maximum atomic E-state index is 11.6. The van der Waals surface area contributed by atoms with Crippen LogP contribution in [0.1, 0.15) is 17.5 Å². The predicted molar refractivity (Wildman–Crippen MR) is 60.6 cm³/mol. The van der Waals surface area contributed by atoms with Crippen LogP contribution < -0.4 is 11.1 Å². The SMILES string of the molecule is Cc1ccc(NC(=O)C2CC2N)c(C)c1. The molecule has 0 aromatic heterocycles. The molecule has 3 N–H and O–H groups in total. The van der Waals surface area contributed by atoms with Crippen LogP contribution in [0.25, 0.3) is 0 Å². The number of nitrogens with two attached hydrogens (primary N) is 1. The van der Waals surface area contributed by atoms with Crippen molar-refractivity contribution >= 4 is 11.6 Å².